The van der Waals surface area contributed by atoms with Crippen LogP contribution in [0.3, 0.4) is 0 Å². The molecule has 0 radical (unpaired) electrons. The molecule has 0 bridgehead atoms. The number of nitrogens with zero attached hydrogens (tertiary/aromatic N) is 1. The first-order chi connectivity index (χ1) is 18.2. The van der Waals surface area contributed by atoms with E-state index in [9.17, 15) is 19.2 Å². The second-order valence-electron chi connectivity index (χ2n) is 11.5. The van der Waals surface area contributed by atoms with Crippen molar-refractivity contribution in [2.45, 2.75) is 76.9 Å². The van der Waals surface area contributed by atoms with Gasteiger partial charge >= 0.3 is 0 Å². The van der Waals surface area contributed by atoms with Crippen LogP contribution in [0.4, 0.5) is 0 Å². The molecule has 210 valence electrons. The molecule has 3 aliphatic rings. The smallest absolute Gasteiger partial charge is 0.223 e. The maximum absolute atomic E-state index is 13.6. The molecule has 2 aliphatic heterocycles. The third kappa shape index (κ3) is 8.07. The minimum atomic E-state index is -0.836. The van der Waals surface area contributed by atoms with Gasteiger partial charge in [0.2, 0.25) is 5.91 Å². The minimum absolute atomic E-state index is 0.0108. The third-order valence-corrected chi connectivity index (χ3v) is 8.19. The van der Waals surface area contributed by atoms with Crippen molar-refractivity contribution in [3.63, 3.8) is 0 Å². The van der Waals surface area contributed by atoms with E-state index >= 15 is 0 Å². The predicted molar refractivity (Wildman–Crippen MR) is 139 cm³/mol. The largest absolute Gasteiger partial charge is 0.469 e. The molecule has 1 aromatic rings. The molecule has 9 nitrogen and oxygen atoms in total. The first kappa shape index (κ1) is 28.6. The number of epoxide rings is 1. The topological polar surface area (TPSA) is 118 Å². The molecular weight excluding hydrogens is 488 g/mol. The summed E-state index contributed by atoms with van der Waals surface area (Å²) in [6, 6.07) is 2.67. The van der Waals surface area contributed by atoms with Crippen molar-refractivity contribution in [1.29, 1.82) is 0 Å². The lowest BCUT2D eigenvalue weighted by molar-refractivity contribution is -0.134. The van der Waals surface area contributed by atoms with Gasteiger partial charge in [-0.3, -0.25) is 24.1 Å². The molecule has 0 spiro atoms. The number of morpholine rings is 1. The van der Waals surface area contributed by atoms with Gasteiger partial charge in [-0.2, -0.15) is 0 Å². The lowest BCUT2D eigenvalue weighted by atomic mass is 9.81. The van der Waals surface area contributed by atoms with Crippen LogP contribution < -0.4 is 5.32 Å². The Labute approximate surface area is 225 Å². The molecule has 38 heavy (non-hydrogen) atoms. The zero-order valence-electron chi connectivity index (χ0n) is 22.7. The number of ketones is 3. The van der Waals surface area contributed by atoms with Crippen molar-refractivity contribution in [3.8, 4) is 0 Å². The van der Waals surface area contributed by atoms with Crippen molar-refractivity contribution >= 4 is 23.3 Å². The highest BCUT2D eigenvalue weighted by Crippen LogP contribution is 2.37. The number of ether oxygens (including phenoxy) is 2. The Morgan fingerprint density at radius 1 is 1.13 bits per heavy atom. The number of hydrogen-bond acceptors (Lipinski definition) is 8. The fourth-order valence-electron chi connectivity index (χ4n) is 5.70. The standard InChI is InChI=1S/C29H42N2O7/c1-20(14-23(32)18-31-9-12-36-13-10-31)28(35)30-25(17-24-8-5-11-37-24)26(33)16-22(15-21-6-3-4-7-21)27(34)29(2)19-38-29/h5,8,11,20-22,25H,3-4,6-7,9-10,12-19H2,1-2H3,(H,30,35). The van der Waals surface area contributed by atoms with Crippen LogP contribution in [0, 0.1) is 17.8 Å². The van der Waals surface area contributed by atoms with Crippen LogP contribution in [0.1, 0.15) is 64.6 Å². The molecule has 0 aromatic carbocycles. The Balaban J connectivity index is 1.38. The second kappa shape index (κ2) is 13.1. The number of carbonyl (C=O) groups is 4. The number of rotatable bonds is 15. The van der Waals surface area contributed by atoms with Gasteiger partial charge in [0.15, 0.2) is 11.6 Å². The maximum atomic E-state index is 13.6. The van der Waals surface area contributed by atoms with Crippen molar-refractivity contribution in [3.05, 3.63) is 24.2 Å². The molecular formula is C29H42N2O7. The van der Waals surface area contributed by atoms with Gasteiger partial charge in [0, 0.05) is 44.2 Å². The normalized spacial score (nSPS) is 24.5. The molecule has 4 rings (SSSR count). The Bertz CT molecular complexity index is 960. The monoisotopic (exact) mass is 530 g/mol. The van der Waals surface area contributed by atoms with E-state index in [2.05, 4.69) is 5.32 Å². The Morgan fingerprint density at radius 3 is 2.47 bits per heavy atom. The second-order valence-corrected chi connectivity index (χ2v) is 11.5. The molecule has 1 aliphatic carbocycles. The van der Waals surface area contributed by atoms with Crippen LogP contribution in [0.25, 0.3) is 0 Å². The summed E-state index contributed by atoms with van der Waals surface area (Å²) in [5, 5.41) is 2.88. The molecule has 1 saturated carbocycles. The van der Waals surface area contributed by atoms with E-state index < -0.39 is 23.5 Å². The third-order valence-electron chi connectivity index (χ3n) is 8.19. The number of amides is 1. The number of furan rings is 1. The average molecular weight is 531 g/mol. The van der Waals surface area contributed by atoms with Gasteiger partial charge in [-0.05, 0) is 31.4 Å². The van der Waals surface area contributed by atoms with Gasteiger partial charge in [-0.15, -0.1) is 0 Å². The Hall–Kier alpha value is -2.36. The molecule has 1 amide bonds. The quantitative estimate of drug-likeness (QED) is 0.344. The van der Waals surface area contributed by atoms with Gasteiger partial charge in [0.05, 0.1) is 38.7 Å². The van der Waals surface area contributed by atoms with Crippen molar-refractivity contribution in [2.24, 2.45) is 17.8 Å². The molecule has 3 heterocycles. The van der Waals surface area contributed by atoms with E-state index in [1.165, 1.54) is 6.26 Å². The lowest BCUT2D eigenvalue weighted by Gasteiger charge is -2.26. The van der Waals surface area contributed by atoms with Gasteiger partial charge < -0.3 is 19.2 Å². The van der Waals surface area contributed by atoms with Crippen LogP contribution in [0.5, 0.6) is 0 Å². The number of carbonyl (C=O) groups excluding carboxylic acids is 4. The summed E-state index contributed by atoms with van der Waals surface area (Å²) in [5.74, 6) is -0.549. The van der Waals surface area contributed by atoms with Crippen LogP contribution in [-0.4, -0.2) is 79.3 Å². The summed E-state index contributed by atoms with van der Waals surface area (Å²) in [6.45, 7) is 6.81. The molecule has 4 unspecified atom stereocenters. The molecule has 1 aromatic heterocycles. The van der Waals surface area contributed by atoms with Crippen molar-refractivity contribution in [1.82, 2.24) is 10.2 Å². The fraction of sp³-hybridized carbons (Fsp3) is 0.724. The van der Waals surface area contributed by atoms with Gasteiger partial charge in [0.25, 0.3) is 0 Å². The summed E-state index contributed by atoms with van der Waals surface area (Å²) >= 11 is 0. The van der Waals surface area contributed by atoms with Crippen LogP contribution in [-0.2, 0) is 35.1 Å². The van der Waals surface area contributed by atoms with Crippen LogP contribution >= 0.6 is 0 Å². The summed E-state index contributed by atoms with van der Waals surface area (Å²) < 4.78 is 16.2. The first-order valence-electron chi connectivity index (χ1n) is 14.1. The summed E-state index contributed by atoms with van der Waals surface area (Å²) in [6.07, 6.45) is 7.05. The predicted octanol–water partition coefficient (Wildman–Crippen LogP) is 2.75. The first-order valence-corrected chi connectivity index (χ1v) is 14.1. The minimum Gasteiger partial charge on any atom is -0.469 e. The highest BCUT2D eigenvalue weighted by atomic mass is 16.6. The lowest BCUT2D eigenvalue weighted by Crippen LogP contribution is -2.46. The molecule has 4 atom stereocenters. The van der Waals surface area contributed by atoms with E-state index in [-0.39, 0.29) is 42.5 Å². The summed E-state index contributed by atoms with van der Waals surface area (Å²) in [4.78, 5) is 54.6. The van der Waals surface area contributed by atoms with Crippen LogP contribution in [0.15, 0.2) is 22.8 Å². The molecule has 1 N–H and O–H groups in total. The SMILES string of the molecule is CC(CC(=O)CN1CCOCC1)C(=O)NC(Cc1ccco1)C(=O)CC(CC1CCCC1)C(=O)C1(C)CO1. The van der Waals surface area contributed by atoms with E-state index in [1.54, 1.807) is 26.0 Å². The van der Waals surface area contributed by atoms with E-state index in [0.717, 1.165) is 25.7 Å². The van der Waals surface area contributed by atoms with E-state index in [1.807, 2.05) is 4.90 Å². The maximum Gasteiger partial charge on any atom is 0.223 e. The average Bonchev–Trinajstić information content (AvgIpc) is 3.26. The number of hydrogen-bond donors (Lipinski definition) is 1. The molecule has 9 heteroatoms. The highest BCUT2D eigenvalue weighted by Gasteiger charge is 2.50. The van der Waals surface area contributed by atoms with Crippen molar-refractivity contribution in [2.75, 3.05) is 39.5 Å². The zero-order valence-corrected chi connectivity index (χ0v) is 22.7. The zero-order chi connectivity index (χ0) is 27.1. The van der Waals surface area contributed by atoms with Gasteiger partial charge in [-0.25, -0.2) is 0 Å². The van der Waals surface area contributed by atoms with E-state index in [0.29, 0.717) is 57.6 Å². The summed E-state index contributed by atoms with van der Waals surface area (Å²) in [7, 11) is 0. The Morgan fingerprint density at radius 2 is 1.84 bits per heavy atom. The molecule has 3 fully saturated rings. The van der Waals surface area contributed by atoms with Crippen LogP contribution in [0.2, 0.25) is 0 Å². The Kier molecular flexibility index (Phi) is 9.90. The van der Waals surface area contributed by atoms with Gasteiger partial charge in [0.1, 0.15) is 17.1 Å². The fourth-order valence-corrected chi connectivity index (χ4v) is 5.70. The number of Topliss-reactive ketones (excluding diaryl/α,β-unsaturated/α-hetero) is 3. The van der Waals surface area contributed by atoms with E-state index in [4.69, 9.17) is 13.9 Å². The highest BCUT2D eigenvalue weighted by molar-refractivity contribution is 5.97. The molecule has 2 saturated heterocycles. The number of nitrogens with one attached hydrogen (secondary N) is 1. The van der Waals surface area contributed by atoms with Crippen molar-refractivity contribution < 1.29 is 33.1 Å². The summed E-state index contributed by atoms with van der Waals surface area (Å²) in [5.41, 5.74) is -0.793. The van der Waals surface area contributed by atoms with Gasteiger partial charge in [-0.1, -0.05) is 32.6 Å².